The highest BCUT2D eigenvalue weighted by molar-refractivity contribution is 7.89. The molecule has 0 saturated carbocycles. The van der Waals surface area contributed by atoms with Crippen LogP contribution in [-0.2, 0) is 19.6 Å². The van der Waals surface area contributed by atoms with Crippen LogP contribution in [0.3, 0.4) is 0 Å². The van der Waals surface area contributed by atoms with Gasteiger partial charge in [-0.05, 0) is 24.5 Å². The molecule has 1 unspecified atom stereocenters. The topological polar surface area (TPSA) is 121 Å². The van der Waals surface area contributed by atoms with Crippen LogP contribution in [0, 0.1) is 5.92 Å². The zero-order valence-electron chi connectivity index (χ0n) is 14.5. The maximum absolute atomic E-state index is 12.7. The van der Waals surface area contributed by atoms with E-state index in [1.54, 1.807) is 13.8 Å². The Kier molecular flexibility index (Phi) is 6.39. The average Bonchev–Trinajstić information content (AvgIpc) is 2.98. The number of hydrogen-bond acceptors (Lipinski definition) is 5. The molecule has 1 aliphatic heterocycles. The van der Waals surface area contributed by atoms with Crippen molar-refractivity contribution < 1.29 is 27.9 Å². The lowest BCUT2D eigenvalue weighted by Crippen LogP contribution is -2.44. The van der Waals surface area contributed by atoms with Crippen molar-refractivity contribution in [1.29, 1.82) is 0 Å². The molecule has 148 valence electrons. The van der Waals surface area contributed by atoms with E-state index in [9.17, 15) is 27.9 Å². The molecule has 8 nitrogen and oxygen atoms in total. The molecular weight excluding hydrogens is 419 g/mol. The Morgan fingerprint density at radius 2 is 1.85 bits per heavy atom. The van der Waals surface area contributed by atoms with Gasteiger partial charge in [-0.2, -0.15) is 0 Å². The number of carbonyl (C=O) groups excluding carboxylic acids is 2. The highest BCUT2D eigenvalue weighted by Crippen LogP contribution is 2.32. The Morgan fingerprint density at radius 1 is 1.22 bits per heavy atom. The van der Waals surface area contributed by atoms with E-state index in [0.717, 1.165) is 12.1 Å². The van der Waals surface area contributed by atoms with Crippen LogP contribution in [0.15, 0.2) is 17.0 Å². The van der Waals surface area contributed by atoms with Gasteiger partial charge in [0, 0.05) is 13.0 Å². The number of hydrogen-bond donors (Lipinski definition) is 2. The van der Waals surface area contributed by atoms with Crippen LogP contribution in [0.25, 0.3) is 0 Å². The first-order chi connectivity index (χ1) is 12.5. The maximum Gasteiger partial charge on any atom is 0.326 e. The van der Waals surface area contributed by atoms with E-state index < -0.39 is 44.7 Å². The molecule has 0 bridgehead atoms. The SMILES string of the molecule is CC(C)C(NC(=O)c1cc(S(=O)(=O)N2CCCC2=O)c(Cl)cc1Cl)C(=O)O. The van der Waals surface area contributed by atoms with Gasteiger partial charge in [0.25, 0.3) is 15.9 Å². The minimum Gasteiger partial charge on any atom is -0.480 e. The Hall–Kier alpha value is -1.84. The summed E-state index contributed by atoms with van der Waals surface area (Å²) in [7, 11) is -4.26. The number of sulfonamides is 1. The normalized spacial score (nSPS) is 15.9. The fourth-order valence-corrected chi connectivity index (χ4v) is 4.93. The number of aliphatic carboxylic acids is 1. The van der Waals surface area contributed by atoms with Crippen LogP contribution in [0.5, 0.6) is 0 Å². The van der Waals surface area contributed by atoms with Gasteiger partial charge in [0.1, 0.15) is 10.9 Å². The molecule has 2 amide bonds. The van der Waals surface area contributed by atoms with Gasteiger partial charge >= 0.3 is 5.97 Å². The molecule has 11 heteroatoms. The van der Waals surface area contributed by atoms with E-state index in [4.69, 9.17) is 23.2 Å². The number of halogens is 2. The second kappa shape index (κ2) is 8.04. The van der Waals surface area contributed by atoms with Gasteiger partial charge in [0.15, 0.2) is 0 Å². The molecule has 1 saturated heterocycles. The van der Waals surface area contributed by atoms with Crippen LogP contribution in [0.4, 0.5) is 0 Å². The molecule has 1 aliphatic rings. The molecule has 1 aromatic carbocycles. The van der Waals surface area contributed by atoms with Crippen LogP contribution in [0.1, 0.15) is 37.0 Å². The minimum absolute atomic E-state index is 0.0239. The van der Waals surface area contributed by atoms with Crippen molar-refractivity contribution in [3.63, 3.8) is 0 Å². The molecule has 0 spiro atoms. The number of benzene rings is 1. The van der Waals surface area contributed by atoms with Gasteiger partial charge in [-0.1, -0.05) is 37.0 Å². The summed E-state index contributed by atoms with van der Waals surface area (Å²) in [5.41, 5.74) is -0.252. The lowest BCUT2D eigenvalue weighted by atomic mass is 10.0. The number of amides is 2. The van der Waals surface area contributed by atoms with E-state index in [1.165, 1.54) is 0 Å². The molecule has 0 aromatic heterocycles. The van der Waals surface area contributed by atoms with Crippen molar-refractivity contribution >= 4 is 51.0 Å². The molecule has 1 fully saturated rings. The fraction of sp³-hybridized carbons (Fsp3) is 0.438. The zero-order chi connectivity index (χ0) is 20.5. The van der Waals surface area contributed by atoms with Gasteiger partial charge < -0.3 is 10.4 Å². The summed E-state index contributed by atoms with van der Waals surface area (Å²) in [6, 6.07) is 0.848. The van der Waals surface area contributed by atoms with Crippen LogP contribution >= 0.6 is 23.2 Å². The summed E-state index contributed by atoms with van der Waals surface area (Å²) in [4.78, 5) is 35.1. The molecular formula is C16H18Cl2N2O6S. The molecule has 2 rings (SSSR count). The third-order valence-electron chi connectivity index (χ3n) is 4.08. The fourth-order valence-electron chi connectivity index (χ4n) is 2.63. The van der Waals surface area contributed by atoms with E-state index in [1.807, 2.05) is 0 Å². The largest absolute Gasteiger partial charge is 0.480 e. The summed E-state index contributed by atoms with van der Waals surface area (Å²) in [6.45, 7) is 3.24. The smallest absolute Gasteiger partial charge is 0.326 e. The standard InChI is InChI=1S/C16H18Cl2N2O6S/c1-8(2)14(16(23)24)19-15(22)9-6-12(11(18)7-10(9)17)27(25,26)20-5-3-4-13(20)21/h6-8,14H,3-5H2,1-2H3,(H,19,22)(H,23,24). The molecule has 1 aromatic rings. The molecule has 27 heavy (non-hydrogen) atoms. The van der Waals surface area contributed by atoms with E-state index >= 15 is 0 Å². The molecule has 0 radical (unpaired) electrons. The number of carbonyl (C=O) groups is 3. The van der Waals surface area contributed by atoms with Crippen molar-refractivity contribution in [2.75, 3.05) is 6.54 Å². The maximum atomic E-state index is 12.7. The Bertz CT molecular complexity index is 900. The van der Waals surface area contributed by atoms with Gasteiger partial charge in [-0.25, -0.2) is 17.5 Å². The number of carboxylic acids is 1. The molecule has 1 atom stereocenters. The number of rotatable bonds is 6. The molecule has 0 aliphatic carbocycles. The van der Waals surface area contributed by atoms with Gasteiger partial charge in [0.05, 0.1) is 15.6 Å². The third kappa shape index (κ3) is 4.36. The first-order valence-electron chi connectivity index (χ1n) is 8.05. The van der Waals surface area contributed by atoms with Crippen molar-refractivity contribution in [3.8, 4) is 0 Å². The van der Waals surface area contributed by atoms with Gasteiger partial charge in [0.2, 0.25) is 5.91 Å². The second-order valence-electron chi connectivity index (χ2n) is 6.37. The summed E-state index contributed by atoms with van der Waals surface area (Å²) in [6.07, 6.45) is 0.498. The predicted octanol–water partition coefficient (Wildman–Crippen LogP) is 2.14. The van der Waals surface area contributed by atoms with Crippen molar-refractivity contribution in [3.05, 3.63) is 27.7 Å². The summed E-state index contributed by atoms with van der Waals surface area (Å²) in [5, 5.41) is 11.1. The zero-order valence-corrected chi connectivity index (χ0v) is 16.9. The second-order valence-corrected chi connectivity index (χ2v) is 9.02. The molecule has 1 heterocycles. The van der Waals surface area contributed by atoms with Gasteiger partial charge in [-0.15, -0.1) is 0 Å². The predicted molar refractivity (Wildman–Crippen MR) is 98.3 cm³/mol. The lowest BCUT2D eigenvalue weighted by Gasteiger charge is -2.20. The van der Waals surface area contributed by atoms with Crippen LogP contribution in [0.2, 0.25) is 10.0 Å². The number of nitrogens with one attached hydrogen (secondary N) is 1. The van der Waals surface area contributed by atoms with Crippen LogP contribution in [-0.4, -0.2) is 48.2 Å². The Balaban J connectivity index is 2.45. The number of carboxylic acid groups (broad SMARTS) is 1. The van der Waals surface area contributed by atoms with Crippen molar-refractivity contribution in [2.45, 2.75) is 37.6 Å². The van der Waals surface area contributed by atoms with E-state index in [-0.39, 0.29) is 28.6 Å². The highest BCUT2D eigenvalue weighted by atomic mass is 35.5. The van der Waals surface area contributed by atoms with E-state index in [2.05, 4.69) is 5.32 Å². The van der Waals surface area contributed by atoms with Gasteiger partial charge in [-0.3, -0.25) is 9.59 Å². The third-order valence-corrected chi connectivity index (χ3v) is 6.68. The summed E-state index contributed by atoms with van der Waals surface area (Å²) < 4.78 is 26.2. The van der Waals surface area contributed by atoms with Crippen molar-refractivity contribution in [1.82, 2.24) is 9.62 Å². The first kappa shape index (κ1) is 21.5. The quantitative estimate of drug-likeness (QED) is 0.704. The monoisotopic (exact) mass is 436 g/mol. The number of nitrogens with zero attached hydrogens (tertiary/aromatic N) is 1. The first-order valence-corrected chi connectivity index (χ1v) is 10.2. The lowest BCUT2D eigenvalue weighted by molar-refractivity contribution is -0.140. The van der Waals surface area contributed by atoms with E-state index in [0.29, 0.717) is 10.7 Å². The summed E-state index contributed by atoms with van der Waals surface area (Å²) >= 11 is 12.0. The van der Waals surface area contributed by atoms with Crippen LogP contribution < -0.4 is 5.32 Å². The average molecular weight is 437 g/mol. The Labute approximate surface area is 166 Å². The minimum atomic E-state index is -4.26. The van der Waals surface area contributed by atoms with Crippen molar-refractivity contribution in [2.24, 2.45) is 5.92 Å². The highest BCUT2D eigenvalue weighted by Gasteiger charge is 2.35. The Morgan fingerprint density at radius 3 is 2.33 bits per heavy atom. The molecule has 2 N–H and O–H groups in total. The summed E-state index contributed by atoms with van der Waals surface area (Å²) in [5.74, 6) is -3.07.